The van der Waals surface area contributed by atoms with Crippen LogP contribution >= 0.6 is 0 Å². The number of aryl methyl sites for hydroxylation is 1. The topological polar surface area (TPSA) is 53.2 Å². The molecule has 0 aliphatic carbocycles. The first-order valence-corrected chi connectivity index (χ1v) is 6.13. The maximum absolute atomic E-state index is 12.1. The van der Waals surface area contributed by atoms with Gasteiger partial charge >= 0.3 is 0 Å². The van der Waals surface area contributed by atoms with E-state index in [1.54, 1.807) is 0 Å². The van der Waals surface area contributed by atoms with Crippen molar-refractivity contribution in [1.29, 1.82) is 0 Å². The maximum Gasteiger partial charge on any atom is 0.229 e. The van der Waals surface area contributed by atoms with Gasteiger partial charge in [0.15, 0.2) is 0 Å². The number of piperidine rings is 1. The van der Waals surface area contributed by atoms with E-state index in [1.807, 2.05) is 12.1 Å². The quantitative estimate of drug-likeness (QED) is 0.631. The van der Waals surface area contributed by atoms with Gasteiger partial charge in [0.2, 0.25) is 5.91 Å². The summed E-state index contributed by atoms with van der Waals surface area (Å²) < 4.78 is 0. The number of nitrogens with one attached hydrogen (secondary N) is 3. The molecule has 3 rings (SSSR count). The Morgan fingerprint density at radius 2 is 2.18 bits per heavy atom. The first-order valence-electron chi connectivity index (χ1n) is 6.13. The van der Waals surface area contributed by atoms with Crippen LogP contribution in [0.15, 0.2) is 18.2 Å². The van der Waals surface area contributed by atoms with E-state index in [-0.39, 0.29) is 17.9 Å². The molecule has 2 unspecified atom stereocenters. The summed E-state index contributed by atoms with van der Waals surface area (Å²) >= 11 is 0. The second-order valence-electron chi connectivity index (χ2n) is 4.89. The van der Waals surface area contributed by atoms with Gasteiger partial charge in [-0.2, -0.15) is 0 Å². The molecule has 1 fully saturated rings. The zero-order chi connectivity index (χ0) is 11.8. The van der Waals surface area contributed by atoms with Crippen molar-refractivity contribution in [3.05, 3.63) is 23.8 Å². The molecule has 0 bridgehead atoms. The van der Waals surface area contributed by atoms with E-state index in [1.165, 1.54) is 5.56 Å². The number of benzene rings is 1. The van der Waals surface area contributed by atoms with Crippen LogP contribution in [0.1, 0.15) is 12.0 Å². The van der Waals surface area contributed by atoms with E-state index in [9.17, 15) is 4.79 Å². The molecular formula is C13H17N3O. The standard InChI is InChI=1S/C13H17N3O/c1-8-2-3-10-11(6-8)15-12-7-14-5-4-9(12)13(17)16-10/h2-3,6,9,12,14-15H,4-5,7H2,1H3,(H,16,17). The van der Waals surface area contributed by atoms with Gasteiger partial charge in [-0.05, 0) is 37.6 Å². The Labute approximate surface area is 101 Å². The van der Waals surface area contributed by atoms with Crippen molar-refractivity contribution < 1.29 is 4.79 Å². The average molecular weight is 231 g/mol. The summed E-state index contributed by atoms with van der Waals surface area (Å²) in [6, 6.07) is 6.29. The van der Waals surface area contributed by atoms with Crippen LogP contribution in [0, 0.1) is 12.8 Å². The van der Waals surface area contributed by atoms with Crippen molar-refractivity contribution in [2.75, 3.05) is 23.7 Å². The highest BCUT2D eigenvalue weighted by molar-refractivity contribution is 5.98. The van der Waals surface area contributed by atoms with Gasteiger partial charge < -0.3 is 16.0 Å². The Kier molecular flexibility index (Phi) is 2.52. The van der Waals surface area contributed by atoms with Gasteiger partial charge in [-0.1, -0.05) is 6.07 Å². The second-order valence-corrected chi connectivity index (χ2v) is 4.89. The lowest BCUT2D eigenvalue weighted by molar-refractivity contribution is -0.120. The van der Waals surface area contributed by atoms with Gasteiger partial charge in [0, 0.05) is 6.54 Å². The fraction of sp³-hybridized carbons (Fsp3) is 0.462. The molecule has 90 valence electrons. The highest BCUT2D eigenvalue weighted by atomic mass is 16.2. The largest absolute Gasteiger partial charge is 0.379 e. The molecule has 2 aliphatic rings. The Bertz CT molecular complexity index is 458. The fourth-order valence-electron chi connectivity index (χ4n) is 2.64. The van der Waals surface area contributed by atoms with Crippen LogP contribution in [0.2, 0.25) is 0 Å². The predicted molar refractivity (Wildman–Crippen MR) is 68.2 cm³/mol. The van der Waals surface area contributed by atoms with Gasteiger partial charge in [-0.15, -0.1) is 0 Å². The summed E-state index contributed by atoms with van der Waals surface area (Å²) in [5.41, 5.74) is 3.14. The Morgan fingerprint density at radius 1 is 1.29 bits per heavy atom. The number of hydrogen-bond donors (Lipinski definition) is 3. The number of hydrogen-bond acceptors (Lipinski definition) is 3. The van der Waals surface area contributed by atoms with Crippen LogP contribution in [-0.2, 0) is 4.79 Å². The predicted octanol–water partition coefficient (Wildman–Crippen LogP) is 1.34. The van der Waals surface area contributed by atoms with Crippen LogP contribution in [0.4, 0.5) is 11.4 Å². The van der Waals surface area contributed by atoms with Crippen LogP contribution < -0.4 is 16.0 Å². The molecule has 17 heavy (non-hydrogen) atoms. The van der Waals surface area contributed by atoms with E-state index >= 15 is 0 Å². The molecule has 1 aromatic rings. The molecule has 4 heteroatoms. The maximum atomic E-state index is 12.1. The van der Waals surface area contributed by atoms with Crippen LogP contribution in [0.5, 0.6) is 0 Å². The number of rotatable bonds is 0. The molecule has 2 atom stereocenters. The summed E-state index contributed by atoms with van der Waals surface area (Å²) in [6.07, 6.45) is 0.899. The van der Waals surface area contributed by atoms with Crippen molar-refractivity contribution in [2.24, 2.45) is 5.92 Å². The number of fused-ring (bicyclic) bond motifs is 2. The van der Waals surface area contributed by atoms with Crippen molar-refractivity contribution in [3.63, 3.8) is 0 Å². The monoisotopic (exact) mass is 231 g/mol. The van der Waals surface area contributed by atoms with Crippen LogP contribution in [-0.4, -0.2) is 25.0 Å². The van der Waals surface area contributed by atoms with Crippen molar-refractivity contribution >= 4 is 17.3 Å². The molecule has 1 aromatic carbocycles. The molecular weight excluding hydrogens is 214 g/mol. The Hall–Kier alpha value is -1.55. The van der Waals surface area contributed by atoms with Crippen molar-refractivity contribution in [2.45, 2.75) is 19.4 Å². The highest BCUT2D eigenvalue weighted by Crippen LogP contribution is 2.30. The van der Waals surface area contributed by atoms with Crippen molar-refractivity contribution in [1.82, 2.24) is 5.32 Å². The molecule has 3 N–H and O–H groups in total. The fourth-order valence-corrected chi connectivity index (χ4v) is 2.64. The molecule has 0 saturated carbocycles. The zero-order valence-corrected chi connectivity index (χ0v) is 9.92. The summed E-state index contributed by atoms with van der Waals surface area (Å²) in [4.78, 5) is 12.1. The minimum Gasteiger partial charge on any atom is -0.379 e. The van der Waals surface area contributed by atoms with E-state index < -0.39 is 0 Å². The minimum atomic E-state index is 0.0731. The van der Waals surface area contributed by atoms with Gasteiger partial charge in [-0.3, -0.25) is 4.79 Å². The van der Waals surface area contributed by atoms with Gasteiger partial charge in [0.1, 0.15) is 0 Å². The summed E-state index contributed by atoms with van der Waals surface area (Å²) in [6.45, 7) is 3.84. The summed E-state index contributed by atoms with van der Waals surface area (Å²) in [7, 11) is 0. The molecule has 0 aromatic heterocycles. The van der Waals surface area contributed by atoms with Gasteiger partial charge in [0.25, 0.3) is 0 Å². The lowest BCUT2D eigenvalue weighted by Crippen LogP contribution is -2.48. The third-order valence-electron chi connectivity index (χ3n) is 3.59. The van der Waals surface area contributed by atoms with E-state index in [0.29, 0.717) is 0 Å². The molecule has 2 heterocycles. The van der Waals surface area contributed by atoms with Crippen LogP contribution in [0.3, 0.4) is 0 Å². The molecule has 4 nitrogen and oxygen atoms in total. The Morgan fingerprint density at radius 3 is 3.06 bits per heavy atom. The third-order valence-corrected chi connectivity index (χ3v) is 3.59. The lowest BCUT2D eigenvalue weighted by atomic mass is 9.92. The van der Waals surface area contributed by atoms with Crippen molar-refractivity contribution in [3.8, 4) is 0 Å². The average Bonchev–Trinajstić information content (AvgIpc) is 2.46. The first-order chi connectivity index (χ1) is 8.24. The highest BCUT2D eigenvalue weighted by Gasteiger charge is 2.33. The minimum absolute atomic E-state index is 0.0731. The molecule has 0 radical (unpaired) electrons. The number of anilines is 2. The smallest absolute Gasteiger partial charge is 0.229 e. The SMILES string of the molecule is Cc1ccc2c(c1)NC1CNCCC1C(=O)N2. The number of carbonyl (C=O) groups excluding carboxylic acids is 1. The number of amides is 1. The van der Waals surface area contributed by atoms with E-state index in [0.717, 1.165) is 30.9 Å². The zero-order valence-electron chi connectivity index (χ0n) is 9.92. The summed E-state index contributed by atoms with van der Waals surface area (Å²) in [5, 5.41) is 9.84. The summed E-state index contributed by atoms with van der Waals surface area (Å²) in [5.74, 6) is 0.218. The van der Waals surface area contributed by atoms with E-state index in [4.69, 9.17) is 0 Å². The third kappa shape index (κ3) is 1.89. The molecule has 1 saturated heterocycles. The first kappa shape index (κ1) is 10.6. The molecule has 1 amide bonds. The number of carbonyl (C=O) groups is 1. The van der Waals surface area contributed by atoms with E-state index in [2.05, 4.69) is 28.9 Å². The second kappa shape index (κ2) is 4.04. The van der Waals surface area contributed by atoms with Crippen LogP contribution in [0.25, 0.3) is 0 Å². The molecule has 0 spiro atoms. The van der Waals surface area contributed by atoms with Gasteiger partial charge in [-0.25, -0.2) is 0 Å². The van der Waals surface area contributed by atoms with Gasteiger partial charge in [0.05, 0.1) is 23.3 Å². The normalized spacial score (nSPS) is 27.2. The Balaban J connectivity index is 1.98. The lowest BCUT2D eigenvalue weighted by Gasteiger charge is -2.29. The molecule has 2 aliphatic heterocycles.